The Kier molecular flexibility index (Phi) is 4.84. The Balaban J connectivity index is 2.74. The highest BCUT2D eigenvalue weighted by Gasteiger charge is 2.33. The molecule has 1 unspecified atom stereocenters. The van der Waals surface area contributed by atoms with Crippen molar-refractivity contribution in [3.05, 3.63) is 23.8 Å². The van der Waals surface area contributed by atoms with E-state index in [0.717, 1.165) is 6.07 Å². The minimum atomic E-state index is -4.45. The van der Waals surface area contributed by atoms with Crippen LogP contribution in [-0.2, 0) is 6.18 Å². The summed E-state index contributed by atoms with van der Waals surface area (Å²) in [6.45, 7) is 2.48. The molecule has 1 aromatic carbocycles. The first-order chi connectivity index (χ1) is 8.34. The van der Waals surface area contributed by atoms with E-state index in [1.165, 1.54) is 12.1 Å². The molecule has 0 aliphatic rings. The lowest BCUT2D eigenvalue weighted by molar-refractivity contribution is -0.136. The molecule has 4 N–H and O–H groups in total. The predicted octanol–water partition coefficient (Wildman–Crippen LogP) is 2.72. The second-order valence-corrected chi connectivity index (χ2v) is 4.30. The summed E-state index contributed by atoms with van der Waals surface area (Å²) >= 11 is 0. The third-order valence-corrected chi connectivity index (χ3v) is 2.64. The molecule has 0 spiro atoms. The van der Waals surface area contributed by atoms with Gasteiger partial charge in [0, 0.05) is 24.5 Å². The highest BCUT2D eigenvalue weighted by molar-refractivity contribution is 5.58. The zero-order valence-corrected chi connectivity index (χ0v) is 10.1. The Hall–Kier alpha value is -1.43. The Labute approximate surface area is 104 Å². The van der Waals surface area contributed by atoms with Crippen molar-refractivity contribution in [1.82, 2.24) is 0 Å². The van der Waals surface area contributed by atoms with Gasteiger partial charge in [-0.2, -0.15) is 13.2 Å². The number of anilines is 2. The third kappa shape index (κ3) is 4.10. The lowest BCUT2D eigenvalue weighted by atomic mass is 10.1. The minimum absolute atomic E-state index is 0.0678. The first-order valence-corrected chi connectivity index (χ1v) is 5.66. The van der Waals surface area contributed by atoms with Crippen LogP contribution in [-0.4, -0.2) is 18.3 Å². The Morgan fingerprint density at radius 1 is 1.39 bits per heavy atom. The summed E-state index contributed by atoms with van der Waals surface area (Å²) in [5.41, 5.74) is 4.56. The number of benzene rings is 1. The first kappa shape index (κ1) is 14.6. The van der Waals surface area contributed by atoms with Gasteiger partial charge in [-0.3, -0.25) is 0 Å². The second-order valence-electron chi connectivity index (χ2n) is 4.30. The van der Waals surface area contributed by atoms with Crippen molar-refractivity contribution in [1.29, 1.82) is 0 Å². The number of alkyl halides is 3. The van der Waals surface area contributed by atoms with Gasteiger partial charge in [-0.25, -0.2) is 0 Å². The zero-order valence-electron chi connectivity index (χ0n) is 10.1. The number of hydrogen-bond acceptors (Lipinski definition) is 3. The molecule has 1 rings (SSSR count). The van der Waals surface area contributed by atoms with Gasteiger partial charge in [0.25, 0.3) is 0 Å². The van der Waals surface area contributed by atoms with E-state index >= 15 is 0 Å². The summed E-state index contributed by atoms with van der Waals surface area (Å²) in [5.74, 6) is 0.182. The quantitative estimate of drug-likeness (QED) is 0.715. The van der Waals surface area contributed by atoms with Crippen LogP contribution in [0.1, 0.15) is 18.9 Å². The van der Waals surface area contributed by atoms with Crippen LogP contribution < -0.4 is 11.1 Å². The fourth-order valence-electron chi connectivity index (χ4n) is 1.53. The molecular weight excluding hydrogens is 245 g/mol. The van der Waals surface area contributed by atoms with E-state index in [-0.39, 0.29) is 18.2 Å². The molecular formula is C12H17F3N2O. The second kappa shape index (κ2) is 5.95. The average Bonchev–Trinajstić information content (AvgIpc) is 2.27. The molecule has 0 amide bonds. The highest BCUT2D eigenvalue weighted by atomic mass is 19.4. The standard InChI is InChI=1S/C12H17F3N2O/c1-8(4-5-18)7-17-9-2-3-11(16)10(6-9)12(13,14)15/h2-3,6,8,17-18H,4-5,7,16H2,1H3. The van der Waals surface area contributed by atoms with Gasteiger partial charge in [0.2, 0.25) is 0 Å². The molecule has 0 aromatic heterocycles. The summed E-state index contributed by atoms with van der Waals surface area (Å²) in [7, 11) is 0. The Bertz CT molecular complexity index is 393. The number of aliphatic hydroxyl groups excluding tert-OH is 1. The number of nitrogens with two attached hydrogens (primary N) is 1. The van der Waals surface area contributed by atoms with Crippen molar-refractivity contribution in [3.63, 3.8) is 0 Å². The van der Waals surface area contributed by atoms with Crippen LogP contribution in [0, 0.1) is 5.92 Å². The van der Waals surface area contributed by atoms with Gasteiger partial charge in [0.15, 0.2) is 0 Å². The van der Waals surface area contributed by atoms with Gasteiger partial charge in [-0.05, 0) is 30.5 Å². The van der Waals surface area contributed by atoms with Crippen LogP contribution in [0.15, 0.2) is 18.2 Å². The normalized spacial score (nSPS) is 13.4. The summed E-state index contributed by atoms with van der Waals surface area (Å²) in [5, 5.41) is 11.6. The van der Waals surface area contributed by atoms with Gasteiger partial charge in [-0.15, -0.1) is 0 Å². The number of halogens is 3. The fourth-order valence-corrected chi connectivity index (χ4v) is 1.53. The van der Waals surface area contributed by atoms with Crippen LogP contribution in [0.3, 0.4) is 0 Å². The summed E-state index contributed by atoms with van der Waals surface area (Å²) < 4.78 is 37.8. The van der Waals surface area contributed by atoms with Gasteiger partial charge < -0.3 is 16.2 Å². The molecule has 1 atom stereocenters. The Morgan fingerprint density at radius 2 is 2.06 bits per heavy atom. The van der Waals surface area contributed by atoms with Gasteiger partial charge in [-0.1, -0.05) is 6.92 Å². The van der Waals surface area contributed by atoms with E-state index in [4.69, 9.17) is 10.8 Å². The maximum absolute atomic E-state index is 12.6. The van der Waals surface area contributed by atoms with Crippen LogP contribution in [0.5, 0.6) is 0 Å². The van der Waals surface area contributed by atoms with Crippen molar-refractivity contribution in [2.45, 2.75) is 19.5 Å². The molecule has 3 nitrogen and oxygen atoms in total. The van der Waals surface area contributed by atoms with E-state index in [2.05, 4.69) is 5.32 Å². The van der Waals surface area contributed by atoms with Crippen molar-refractivity contribution in [3.8, 4) is 0 Å². The minimum Gasteiger partial charge on any atom is -0.398 e. The molecule has 0 fully saturated rings. The number of rotatable bonds is 5. The van der Waals surface area contributed by atoms with Crippen molar-refractivity contribution in [2.24, 2.45) is 5.92 Å². The first-order valence-electron chi connectivity index (χ1n) is 5.66. The predicted molar refractivity (Wildman–Crippen MR) is 65.2 cm³/mol. The molecule has 0 saturated carbocycles. The van der Waals surface area contributed by atoms with Crippen LogP contribution in [0.4, 0.5) is 24.5 Å². The molecule has 0 bridgehead atoms. The van der Waals surface area contributed by atoms with E-state index in [0.29, 0.717) is 18.7 Å². The molecule has 18 heavy (non-hydrogen) atoms. The number of aliphatic hydroxyl groups is 1. The molecule has 0 radical (unpaired) electrons. The number of nitrogens with one attached hydrogen (secondary N) is 1. The highest BCUT2D eigenvalue weighted by Crippen LogP contribution is 2.35. The van der Waals surface area contributed by atoms with Crippen molar-refractivity contribution in [2.75, 3.05) is 24.2 Å². The maximum atomic E-state index is 12.6. The van der Waals surface area contributed by atoms with E-state index in [9.17, 15) is 13.2 Å². The van der Waals surface area contributed by atoms with E-state index < -0.39 is 11.7 Å². The smallest absolute Gasteiger partial charge is 0.398 e. The summed E-state index contributed by atoms with van der Waals surface area (Å²) in [4.78, 5) is 0. The number of nitrogen functional groups attached to an aromatic ring is 1. The molecule has 0 saturated heterocycles. The summed E-state index contributed by atoms with van der Waals surface area (Å²) in [6, 6.07) is 3.75. The van der Waals surface area contributed by atoms with Crippen LogP contribution in [0.25, 0.3) is 0 Å². The topological polar surface area (TPSA) is 58.3 Å². The lowest BCUT2D eigenvalue weighted by Gasteiger charge is -2.15. The van der Waals surface area contributed by atoms with Crippen molar-refractivity contribution < 1.29 is 18.3 Å². The van der Waals surface area contributed by atoms with Gasteiger partial charge >= 0.3 is 6.18 Å². The summed E-state index contributed by atoms with van der Waals surface area (Å²) in [6.07, 6.45) is -3.84. The largest absolute Gasteiger partial charge is 0.418 e. The molecule has 0 heterocycles. The van der Waals surface area contributed by atoms with Crippen molar-refractivity contribution >= 4 is 11.4 Å². The average molecular weight is 262 g/mol. The van der Waals surface area contributed by atoms with Gasteiger partial charge in [0.1, 0.15) is 0 Å². The molecule has 6 heteroatoms. The third-order valence-electron chi connectivity index (χ3n) is 2.64. The molecule has 0 aliphatic carbocycles. The van der Waals surface area contributed by atoms with Crippen LogP contribution in [0.2, 0.25) is 0 Å². The number of hydrogen-bond donors (Lipinski definition) is 3. The maximum Gasteiger partial charge on any atom is 0.418 e. The monoisotopic (exact) mass is 262 g/mol. The zero-order chi connectivity index (χ0) is 13.8. The fraction of sp³-hybridized carbons (Fsp3) is 0.500. The van der Waals surface area contributed by atoms with Crippen LogP contribution >= 0.6 is 0 Å². The van der Waals surface area contributed by atoms with E-state index in [1.54, 1.807) is 0 Å². The SMILES string of the molecule is CC(CCO)CNc1ccc(N)c(C(F)(F)F)c1. The van der Waals surface area contributed by atoms with Gasteiger partial charge in [0.05, 0.1) is 5.56 Å². The lowest BCUT2D eigenvalue weighted by Crippen LogP contribution is -2.14. The van der Waals surface area contributed by atoms with E-state index in [1.807, 2.05) is 6.92 Å². The molecule has 0 aliphatic heterocycles. The molecule has 1 aromatic rings. The molecule has 102 valence electrons. The Morgan fingerprint density at radius 3 is 2.61 bits per heavy atom.